The van der Waals surface area contributed by atoms with E-state index in [9.17, 15) is 9.59 Å². The standard InChI is InChI=1S/C15H11NO3/c17-10-16-14-8-11(9-15(18)19)6-7-13(14)12-4-2-1-3-5-12/h1-8H,9H2,(H,18,19). The van der Waals surface area contributed by atoms with E-state index in [4.69, 9.17) is 5.11 Å². The predicted molar refractivity (Wildman–Crippen MR) is 71.0 cm³/mol. The summed E-state index contributed by atoms with van der Waals surface area (Å²) in [5, 5.41) is 8.77. The highest BCUT2D eigenvalue weighted by atomic mass is 16.4. The van der Waals surface area contributed by atoms with Gasteiger partial charge in [0.05, 0.1) is 12.1 Å². The summed E-state index contributed by atoms with van der Waals surface area (Å²) in [5.41, 5.74) is 2.72. The summed E-state index contributed by atoms with van der Waals surface area (Å²) in [6.45, 7) is 0. The molecule has 0 saturated heterocycles. The molecule has 0 spiro atoms. The molecule has 94 valence electrons. The third-order valence-corrected chi connectivity index (χ3v) is 2.67. The second-order valence-corrected chi connectivity index (χ2v) is 3.99. The van der Waals surface area contributed by atoms with Crippen LogP contribution in [0, 0.1) is 0 Å². The zero-order valence-electron chi connectivity index (χ0n) is 10.0. The second kappa shape index (κ2) is 5.76. The van der Waals surface area contributed by atoms with Crippen molar-refractivity contribution in [2.24, 2.45) is 4.99 Å². The zero-order chi connectivity index (χ0) is 13.7. The molecule has 0 unspecified atom stereocenters. The van der Waals surface area contributed by atoms with Gasteiger partial charge in [-0.2, -0.15) is 4.99 Å². The van der Waals surface area contributed by atoms with Gasteiger partial charge >= 0.3 is 5.97 Å². The summed E-state index contributed by atoms with van der Waals surface area (Å²) in [4.78, 5) is 24.8. The molecular weight excluding hydrogens is 242 g/mol. The van der Waals surface area contributed by atoms with Gasteiger partial charge in [-0.3, -0.25) is 4.79 Å². The Morgan fingerprint density at radius 2 is 1.89 bits per heavy atom. The van der Waals surface area contributed by atoms with Gasteiger partial charge in [0.1, 0.15) is 0 Å². The van der Waals surface area contributed by atoms with Crippen molar-refractivity contribution in [2.45, 2.75) is 6.42 Å². The molecule has 2 aromatic carbocycles. The SMILES string of the molecule is O=C=Nc1cc(CC(=O)O)ccc1-c1ccccc1. The van der Waals surface area contributed by atoms with Gasteiger partial charge in [0.15, 0.2) is 0 Å². The van der Waals surface area contributed by atoms with Gasteiger partial charge in [-0.15, -0.1) is 0 Å². The smallest absolute Gasteiger partial charge is 0.307 e. The Kier molecular flexibility index (Phi) is 3.86. The van der Waals surface area contributed by atoms with Crippen molar-refractivity contribution < 1.29 is 14.7 Å². The minimum Gasteiger partial charge on any atom is -0.481 e. The summed E-state index contributed by atoms with van der Waals surface area (Å²) in [5.74, 6) is -0.923. The number of carboxylic acids is 1. The van der Waals surface area contributed by atoms with Gasteiger partial charge in [0, 0.05) is 5.56 Å². The van der Waals surface area contributed by atoms with E-state index in [1.807, 2.05) is 30.3 Å². The molecular formula is C15H11NO3. The minimum absolute atomic E-state index is 0.101. The number of isocyanates is 1. The molecule has 0 aliphatic rings. The third-order valence-electron chi connectivity index (χ3n) is 2.67. The molecule has 2 aromatic rings. The average Bonchev–Trinajstić information content (AvgIpc) is 2.40. The molecule has 0 aliphatic carbocycles. The number of benzene rings is 2. The van der Waals surface area contributed by atoms with Crippen LogP contribution in [0.2, 0.25) is 0 Å². The van der Waals surface area contributed by atoms with E-state index >= 15 is 0 Å². The number of aliphatic imine (C=N–C) groups is 1. The Labute approximate surface area is 110 Å². The topological polar surface area (TPSA) is 66.7 Å². The quantitative estimate of drug-likeness (QED) is 0.672. The first kappa shape index (κ1) is 12.7. The molecule has 0 heterocycles. The molecule has 19 heavy (non-hydrogen) atoms. The van der Waals surface area contributed by atoms with Gasteiger partial charge in [-0.25, -0.2) is 4.79 Å². The van der Waals surface area contributed by atoms with Crippen LogP contribution in [0.4, 0.5) is 5.69 Å². The first-order valence-electron chi connectivity index (χ1n) is 5.68. The fourth-order valence-corrected chi connectivity index (χ4v) is 1.87. The highest BCUT2D eigenvalue weighted by Crippen LogP contribution is 2.31. The fourth-order valence-electron chi connectivity index (χ4n) is 1.87. The number of aliphatic carboxylic acids is 1. The number of carbonyl (C=O) groups is 1. The van der Waals surface area contributed by atoms with Crippen molar-refractivity contribution in [3.63, 3.8) is 0 Å². The van der Waals surface area contributed by atoms with Crippen LogP contribution >= 0.6 is 0 Å². The molecule has 0 atom stereocenters. The minimum atomic E-state index is -0.923. The number of nitrogens with zero attached hydrogens (tertiary/aromatic N) is 1. The molecule has 0 aromatic heterocycles. The third kappa shape index (κ3) is 3.15. The van der Waals surface area contributed by atoms with E-state index < -0.39 is 5.97 Å². The summed E-state index contributed by atoms with van der Waals surface area (Å²) >= 11 is 0. The van der Waals surface area contributed by atoms with E-state index in [0.29, 0.717) is 11.3 Å². The number of hydrogen-bond acceptors (Lipinski definition) is 3. The molecule has 0 bridgehead atoms. The Hall–Kier alpha value is -2.71. The maximum Gasteiger partial charge on any atom is 0.307 e. The van der Waals surface area contributed by atoms with Gasteiger partial charge in [0.2, 0.25) is 6.08 Å². The normalized spacial score (nSPS) is 9.68. The highest BCUT2D eigenvalue weighted by molar-refractivity contribution is 5.79. The lowest BCUT2D eigenvalue weighted by Crippen LogP contribution is -1.99. The van der Waals surface area contributed by atoms with Gasteiger partial charge < -0.3 is 5.11 Å². The van der Waals surface area contributed by atoms with Gasteiger partial charge in [0.25, 0.3) is 0 Å². The van der Waals surface area contributed by atoms with Crippen LogP contribution < -0.4 is 0 Å². The zero-order valence-corrected chi connectivity index (χ0v) is 10.0. The van der Waals surface area contributed by atoms with Crippen LogP contribution in [-0.2, 0) is 16.0 Å². The Morgan fingerprint density at radius 3 is 2.53 bits per heavy atom. The average molecular weight is 253 g/mol. The Bertz CT molecular complexity index is 644. The van der Waals surface area contributed by atoms with E-state index in [-0.39, 0.29) is 6.42 Å². The molecule has 4 nitrogen and oxygen atoms in total. The predicted octanol–water partition coefficient (Wildman–Crippen LogP) is 2.95. The highest BCUT2D eigenvalue weighted by Gasteiger charge is 2.07. The largest absolute Gasteiger partial charge is 0.481 e. The van der Waals surface area contributed by atoms with E-state index in [1.165, 1.54) is 6.08 Å². The van der Waals surface area contributed by atoms with Crippen molar-refractivity contribution in [1.29, 1.82) is 0 Å². The molecule has 0 saturated carbocycles. The number of carbonyl (C=O) groups excluding carboxylic acids is 1. The number of hydrogen-bond donors (Lipinski definition) is 1. The van der Waals surface area contributed by atoms with E-state index in [1.54, 1.807) is 18.2 Å². The first-order chi connectivity index (χ1) is 9.20. The molecule has 4 heteroatoms. The summed E-state index contributed by atoms with van der Waals surface area (Å²) < 4.78 is 0. The molecule has 0 amide bonds. The maximum atomic E-state index is 10.7. The van der Waals surface area contributed by atoms with Crippen LogP contribution in [-0.4, -0.2) is 17.2 Å². The lowest BCUT2D eigenvalue weighted by atomic mass is 10.0. The second-order valence-electron chi connectivity index (χ2n) is 3.99. The monoisotopic (exact) mass is 253 g/mol. The van der Waals surface area contributed by atoms with Crippen molar-refractivity contribution in [2.75, 3.05) is 0 Å². The summed E-state index contributed by atoms with van der Waals surface area (Å²) in [6.07, 6.45) is 1.40. The first-order valence-corrected chi connectivity index (χ1v) is 5.68. The molecule has 0 fully saturated rings. The van der Waals surface area contributed by atoms with Gasteiger partial charge in [-0.1, -0.05) is 42.5 Å². The van der Waals surface area contributed by atoms with Crippen LogP contribution in [0.15, 0.2) is 53.5 Å². The van der Waals surface area contributed by atoms with E-state index in [0.717, 1.165) is 11.1 Å². The maximum absolute atomic E-state index is 10.7. The van der Waals surface area contributed by atoms with Crippen molar-refractivity contribution in [3.05, 3.63) is 54.1 Å². The fraction of sp³-hybridized carbons (Fsp3) is 0.0667. The van der Waals surface area contributed by atoms with Crippen molar-refractivity contribution >= 4 is 17.7 Å². The van der Waals surface area contributed by atoms with E-state index in [2.05, 4.69) is 4.99 Å². The van der Waals surface area contributed by atoms with Crippen LogP contribution in [0.3, 0.4) is 0 Å². The lowest BCUT2D eigenvalue weighted by Gasteiger charge is -2.06. The lowest BCUT2D eigenvalue weighted by molar-refractivity contribution is -0.136. The van der Waals surface area contributed by atoms with Crippen molar-refractivity contribution in [3.8, 4) is 11.1 Å². The van der Waals surface area contributed by atoms with Crippen LogP contribution in [0.25, 0.3) is 11.1 Å². The summed E-state index contributed by atoms with van der Waals surface area (Å²) in [6, 6.07) is 14.5. The van der Waals surface area contributed by atoms with Crippen LogP contribution in [0.5, 0.6) is 0 Å². The molecule has 2 rings (SSSR count). The molecule has 1 N–H and O–H groups in total. The van der Waals surface area contributed by atoms with Gasteiger partial charge in [-0.05, 0) is 17.2 Å². The van der Waals surface area contributed by atoms with Crippen LogP contribution in [0.1, 0.15) is 5.56 Å². The number of rotatable bonds is 4. The Morgan fingerprint density at radius 1 is 1.16 bits per heavy atom. The Balaban J connectivity index is 2.50. The number of carboxylic acid groups (broad SMARTS) is 1. The summed E-state index contributed by atoms with van der Waals surface area (Å²) in [7, 11) is 0. The van der Waals surface area contributed by atoms with Crippen molar-refractivity contribution in [1.82, 2.24) is 0 Å². The molecule has 0 radical (unpaired) electrons. The molecule has 0 aliphatic heterocycles.